The Kier molecular flexibility index (Phi) is 3.39. The molecule has 0 saturated carbocycles. The van der Waals surface area contributed by atoms with Gasteiger partial charge in [0.2, 0.25) is 0 Å². The number of benzene rings is 1. The Labute approximate surface area is 91.5 Å². The van der Waals surface area contributed by atoms with E-state index < -0.39 is 0 Å². The first-order chi connectivity index (χ1) is 7.29. The smallest absolute Gasteiger partial charge is 0.0587 e. The average Bonchev–Trinajstić information content (AvgIpc) is 2.69. The van der Waals surface area contributed by atoms with Gasteiger partial charge >= 0.3 is 0 Å². The third-order valence-corrected chi connectivity index (χ3v) is 3.22. The molecule has 0 spiro atoms. The van der Waals surface area contributed by atoms with Gasteiger partial charge < -0.3 is 5.11 Å². The van der Waals surface area contributed by atoms with Crippen LogP contribution in [0.5, 0.6) is 0 Å². The van der Waals surface area contributed by atoms with E-state index in [1.54, 1.807) is 0 Å². The van der Waals surface area contributed by atoms with Crippen molar-refractivity contribution in [2.75, 3.05) is 13.2 Å². The molecule has 1 aromatic carbocycles. The fourth-order valence-electron chi connectivity index (χ4n) is 2.24. The molecule has 82 valence electrons. The molecule has 0 amide bonds. The number of likely N-dealkylation sites (tertiary alicyclic amines) is 1. The van der Waals surface area contributed by atoms with E-state index in [1.807, 2.05) is 0 Å². The topological polar surface area (TPSA) is 23.5 Å². The van der Waals surface area contributed by atoms with Crippen LogP contribution in [-0.2, 0) is 6.54 Å². The largest absolute Gasteiger partial charge is 0.395 e. The zero-order valence-electron chi connectivity index (χ0n) is 9.32. The second-order valence-electron chi connectivity index (χ2n) is 4.43. The lowest BCUT2D eigenvalue weighted by Crippen LogP contribution is -2.31. The molecule has 1 atom stereocenters. The predicted octanol–water partition coefficient (Wildman–Crippen LogP) is 1.95. The summed E-state index contributed by atoms with van der Waals surface area (Å²) in [6.07, 6.45) is 2.36. The third-order valence-electron chi connectivity index (χ3n) is 3.22. The van der Waals surface area contributed by atoms with Gasteiger partial charge in [-0.15, -0.1) is 0 Å². The van der Waals surface area contributed by atoms with E-state index in [2.05, 4.69) is 36.1 Å². The van der Waals surface area contributed by atoms with E-state index in [0.29, 0.717) is 12.6 Å². The highest BCUT2D eigenvalue weighted by molar-refractivity contribution is 5.21. The molecule has 15 heavy (non-hydrogen) atoms. The van der Waals surface area contributed by atoms with Crippen molar-refractivity contribution in [3.8, 4) is 0 Å². The lowest BCUT2D eigenvalue weighted by molar-refractivity contribution is 0.153. The molecule has 2 nitrogen and oxygen atoms in total. The second kappa shape index (κ2) is 4.77. The summed E-state index contributed by atoms with van der Waals surface area (Å²) < 4.78 is 0. The molecule has 0 aromatic heterocycles. The van der Waals surface area contributed by atoms with Crippen LogP contribution < -0.4 is 0 Å². The highest BCUT2D eigenvalue weighted by Gasteiger charge is 2.23. The maximum atomic E-state index is 9.22. The molecule has 1 aromatic rings. The third kappa shape index (κ3) is 2.58. The van der Waals surface area contributed by atoms with Gasteiger partial charge in [-0.25, -0.2) is 0 Å². The molecular weight excluding hydrogens is 186 g/mol. The highest BCUT2D eigenvalue weighted by atomic mass is 16.3. The Hall–Kier alpha value is -0.860. The molecule has 1 aliphatic heterocycles. The van der Waals surface area contributed by atoms with Gasteiger partial charge in [-0.1, -0.05) is 29.8 Å². The first kappa shape index (κ1) is 10.7. The molecule has 0 aliphatic carbocycles. The summed E-state index contributed by atoms with van der Waals surface area (Å²) in [6, 6.07) is 9.05. The number of nitrogens with zero attached hydrogens (tertiary/aromatic N) is 1. The molecule has 0 bridgehead atoms. The summed E-state index contributed by atoms with van der Waals surface area (Å²) in [5.41, 5.74) is 2.65. The fourth-order valence-corrected chi connectivity index (χ4v) is 2.24. The second-order valence-corrected chi connectivity index (χ2v) is 4.43. The van der Waals surface area contributed by atoms with Crippen molar-refractivity contribution < 1.29 is 5.11 Å². The number of rotatable bonds is 3. The molecule has 1 heterocycles. The van der Waals surface area contributed by atoms with E-state index in [1.165, 1.54) is 17.5 Å². The van der Waals surface area contributed by atoms with Gasteiger partial charge in [-0.3, -0.25) is 4.90 Å². The minimum absolute atomic E-state index is 0.297. The lowest BCUT2D eigenvalue weighted by Gasteiger charge is -2.22. The van der Waals surface area contributed by atoms with Crippen molar-refractivity contribution in [3.63, 3.8) is 0 Å². The SMILES string of the molecule is Cc1ccc(CN2CCCC2CO)cc1. The van der Waals surface area contributed by atoms with Crippen LogP contribution in [0.3, 0.4) is 0 Å². The quantitative estimate of drug-likeness (QED) is 0.815. The number of aliphatic hydroxyl groups excluding tert-OH is 1. The summed E-state index contributed by atoms with van der Waals surface area (Å²) in [5.74, 6) is 0. The summed E-state index contributed by atoms with van der Waals surface area (Å²) in [6.45, 7) is 4.51. The van der Waals surface area contributed by atoms with Gasteiger partial charge in [-0.2, -0.15) is 0 Å². The van der Waals surface area contributed by atoms with Gasteiger partial charge in [0.25, 0.3) is 0 Å². The zero-order valence-corrected chi connectivity index (χ0v) is 9.32. The Morgan fingerprint density at radius 3 is 2.73 bits per heavy atom. The molecule has 1 aliphatic rings. The van der Waals surface area contributed by atoms with Gasteiger partial charge in [0.15, 0.2) is 0 Å². The summed E-state index contributed by atoms with van der Waals surface area (Å²) in [5, 5.41) is 9.22. The minimum atomic E-state index is 0.297. The monoisotopic (exact) mass is 205 g/mol. The Morgan fingerprint density at radius 1 is 1.33 bits per heavy atom. The van der Waals surface area contributed by atoms with Crippen molar-refractivity contribution in [3.05, 3.63) is 35.4 Å². The molecule has 0 radical (unpaired) electrons. The number of aliphatic hydroxyl groups is 1. The van der Waals surface area contributed by atoms with Crippen LogP contribution in [0.4, 0.5) is 0 Å². The van der Waals surface area contributed by atoms with Crippen molar-refractivity contribution in [1.82, 2.24) is 4.90 Å². The van der Waals surface area contributed by atoms with Crippen molar-refractivity contribution >= 4 is 0 Å². The van der Waals surface area contributed by atoms with E-state index >= 15 is 0 Å². The van der Waals surface area contributed by atoms with Crippen LogP contribution >= 0.6 is 0 Å². The molecule has 2 rings (SSSR count). The first-order valence-corrected chi connectivity index (χ1v) is 5.70. The predicted molar refractivity (Wildman–Crippen MR) is 61.7 cm³/mol. The average molecular weight is 205 g/mol. The van der Waals surface area contributed by atoms with E-state index in [9.17, 15) is 5.11 Å². The van der Waals surface area contributed by atoms with Crippen LogP contribution in [0.15, 0.2) is 24.3 Å². The Balaban J connectivity index is 1.99. The van der Waals surface area contributed by atoms with Crippen molar-refractivity contribution in [2.45, 2.75) is 32.4 Å². The fraction of sp³-hybridized carbons (Fsp3) is 0.538. The van der Waals surface area contributed by atoms with Crippen molar-refractivity contribution in [2.24, 2.45) is 0 Å². The van der Waals surface area contributed by atoms with E-state index in [4.69, 9.17) is 0 Å². The standard InChI is InChI=1S/C13H19NO/c1-11-4-6-12(7-5-11)9-14-8-2-3-13(14)10-15/h4-7,13,15H,2-3,8-10H2,1H3. The lowest BCUT2D eigenvalue weighted by atomic mass is 10.1. The van der Waals surface area contributed by atoms with E-state index in [-0.39, 0.29) is 0 Å². The Morgan fingerprint density at radius 2 is 2.07 bits per heavy atom. The van der Waals surface area contributed by atoms with Gasteiger partial charge in [0.1, 0.15) is 0 Å². The maximum Gasteiger partial charge on any atom is 0.0587 e. The number of aryl methyl sites for hydroxylation is 1. The van der Waals surface area contributed by atoms with Crippen LogP contribution in [0, 0.1) is 6.92 Å². The maximum absolute atomic E-state index is 9.22. The van der Waals surface area contributed by atoms with Crippen LogP contribution in [0.2, 0.25) is 0 Å². The zero-order chi connectivity index (χ0) is 10.7. The van der Waals surface area contributed by atoms with Gasteiger partial charge in [0, 0.05) is 12.6 Å². The molecule has 1 saturated heterocycles. The molecule has 1 fully saturated rings. The molecule has 1 unspecified atom stereocenters. The van der Waals surface area contributed by atoms with Gasteiger partial charge in [-0.05, 0) is 31.9 Å². The number of hydrogen-bond acceptors (Lipinski definition) is 2. The van der Waals surface area contributed by atoms with Crippen LogP contribution in [0.25, 0.3) is 0 Å². The summed E-state index contributed by atoms with van der Waals surface area (Å²) >= 11 is 0. The highest BCUT2D eigenvalue weighted by Crippen LogP contribution is 2.19. The normalized spacial score (nSPS) is 22.1. The van der Waals surface area contributed by atoms with Gasteiger partial charge in [0.05, 0.1) is 6.61 Å². The van der Waals surface area contributed by atoms with Crippen LogP contribution in [-0.4, -0.2) is 29.2 Å². The molecule has 2 heteroatoms. The van der Waals surface area contributed by atoms with Crippen molar-refractivity contribution in [1.29, 1.82) is 0 Å². The molecule has 1 N–H and O–H groups in total. The minimum Gasteiger partial charge on any atom is -0.395 e. The Bertz CT molecular complexity index is 307. The summed E-state index contributed by atoms with van der Waals surface area (Å²) in [4.78, 5) is 2.38. The van der Waals surface area contributed by atoms with Crippen LogP contribution in [0.1, 0.15) is 24.0 Å². The molecular formula is C13H19NO. The number of hydrogen-bond donors (Lipinski definition) is 1. The first-order valence-electron chi connectivity index (χ1n) is 5.70. The van der Waals surface area contributed by atoms with E-state index in [0.717, 1.165) is 19.5 Å². The summed E-state index contributed by atoms with van der Waals surface area (Å²) in [7, 11) is 0.